The standard InChI is InChI=1S/C16H21NS/c1-2-17-15(13-4-3-5-13)11-12-6-7-16-14(10-12)8-9-18-16/h6-10,13,15,17H,2-5,11H2,1H3. The van der Waals surface area contributed by atoms with Crippen LogP contribution >= 0.6 is 11.3 Å². The van der Waals surface area contributed by atoms with Crippen LogP contribution < -0.4 is 5.32 Å². The predicted molar refractivity (Wildman–Crippen MR) is 80.3 cm³/mol. The maximum Gasteiger partial charge on any atom is 0.0342 e. The monoisotopic (exact) mass is 259 g/mol. The summed E-state index contributed by atoms with van der Waals surface area (Å²) in [5.41, 5.74) is 1.48. The van der Waals surface area contributed by atoms with Crippen molar-refractivity contribution in [2.45, 2.75) is 38.6 Å². The van der Waals surface area contributed by atoms with E-state index in [4.69, 9.17) is 0 Å². The van der Waals surface area contributed by atoms with Crippen molar-refractivity contribution < 1.29 is 0 Å². The van der Waals surface area contributed by atoms with Crippen LogP contribution in [0.4, 0.5) is 0 Å². The lowest BCUT2D eigenvalue weighted by molar-refractivity contribution is 0.229. The van der Waals surface area contributed by atoms with Crippen LogP contribution in [0.1, 0.15) is 31.7 Å². The fraction of sp³-hybridized carbons (Fsp3) is 0.500. The average molecular weight is 259 g/mol. The predicted octanol–water partition coefficient (Wildman–Crippen LogP) is 4.22. The maximum absolute atomic E-state index is 3.68. The van der Waals surface area contributed by atoms with Crippen molar-refractivity contribution in [2.75, 3.05) is 6.54 Å². The molecule has 0 amide bonds. The second-order valence-electron chi connectivity index (χ2n) is 5.35. The molecule has 1 heterocycles. The van der Waals surface area contributed by atoms with Crippen LogP contribution in [0.3, 0.4) is 0 Å². The fourth-order valence-electron chi connectivity index (χ4n) is 2.91. The van der Waals surface area contributed by atoms with Crippen LogP contribution in [0.5, 0.6) is 0 Å². The van der Waals surface area contributed by atoms with Gasteiger partial charge in [-0.1, -0.05) is 25.5 Å². The Morgan fingerprint density at radius 3 is 2.94 bits per heavy atom. The second kappa shape index (κ2) is 5.41. The lowest BCUT2D eigenvalue weighted by Crippen LogP contribution is -2.41. The van der Waals surface area contributed by atoms with Crippen molar-refractivity contribution in [3.63, 3.8) is 0 Å². The molecule has 0 saturated heterocycles. The van der Waals surface area contributed by atoms with Gasteiger partial charge < -0.3 is 5.32 Å². The van der Waals surface area contributed by atoms with Crippen LogP contribution in [0.2, 0.25) is 0 Å². The Balaban J connectivity index is 1.75. The largest absolute Gasteiger partial charge is 0.314 e. The Labute approximate surface area is 113 Å². The van der Waals surface area contributed by atoms with E-state index in [9.17, 15) is 0 Å². The quantitative estimate of drug-likeness (QED) is 0.847. The summed E-state index contributed by atoms with van der Waals surface area (Å²) < 4.78 is 1.40. The molecule has 0 radical (unpaired) electrons. The molecule has 18 heavy (non-hydrogen) atoms. The third-order valence-electron chi connectivity index (χ3n) is 4.16. The number of thiophene rings is 1. The number of rotatable bonds is 5. The highest BCUT2D eigenvalue weighted by Crippen LogP contribution is 2.31. The molecule has 0 bridgehead atoms. The molecule has 2 heteroatoms. The SMILES string of the molecule is CCNC(Cc1ccc2sccc2c1)C1CCC1. The lowest BCUT2D eigenvalue weighted by atomic mass is 9.77. The van der Waals surface area contributed by atoms with Crippen LogP contribution in [0, 0.1) is 5.92 Å². The summed E-state index contributed by atoms with van der Waals surface area (Å²) in [6.07, 6.45) is 5.44. The van der Waals surface area contributed by atoms with Gasteiger partial charge in [-0.25, -0.2) is 0 Å². The van der Waals surface area contributed by atoms with Gasteiger partial charge in [-0.15, -0.1) is 11.3 Å². The molecule has 1 aromatic carbocycles. The third kappa shape index (κ3) is 2.45. The van der Waals surface area contributed by atoms with E-state index in [-0.39, 0.29) is 0 Å². The minimum absolute atomic E-state index is 0.680. The van der Waals surface area contributed by atoms with Crippen LogP contribution in [-0.2, 0) is 6.42 Å². The first-order valence-electron chi connectivity index (χ1n) is 7.06. The summed E-state index contributed by atoms with van der Waals surface area (Å²) in [5, 5.41) is 7.26. The minimum Gasteiger partial charge on any atom is -0.314 e. The molecular weight excluding hydrogens is 238 g/mol. The normalized spacial score (nSPS) is 17.8. The van der Waals surface area contributed by atoms with Gasteiger partial charge in [0.25, 0.3) is 0 Å². The fourth-order valence-corrected chi connectivity index (χ4v) is 3.68. The molecule has 0 spiro atoms. The Bertz CT molecular complexity index is 513. The van der Waals surface area contributed by atoms with Gasteiger partial charge >= 0.3 is 0 Å². The van der Waals surface area contributed by atoms with E-state index < -0.39 is 0 Å². The molecular formula is C16H21NS. The average Bonchev–Trinajstić information content (AvgIpc) is 2.74. The molecule has 1 fully saturated rings. The minimum atomic E-state index is 0.680. The van der Waals surface area contributed by atoms with E-state index in [0.29, 0.717) is 6.04 Å². The van der Waals surface area contributed by atoms with E-state index in [0.717, 1.165) is 12.5 Å². The zero-order valence-corrected chi connectivity index (χ0v) is 11.8. The molecule has 1 nitrogen and oxygen atoms in total. The lowest BCUT2D eigenvalue weighted by Gasteiger charge is -2.34. The summed E-state index contributed by atoms with van der Waals surface area (Å²) in [6.45, 7) is 3.30. The highest BCUT2D eigenvalue weighted by molar-refractivity contribution is 7.17. The maximum atomic E-state index is 3.68. The zero-order valence-electron chi connectivity index (χ0n) is 11.0. The number of hydrogen-bond donors (Lipinski definition) is 1. The number of benzene rings is 1. The molecule has 96 valence electrons. The van der Waals surface area contributed by atoms with Gasteiger partial charge in [0, 0.05) is 10.7 Å². The summed E-state index contributed by atoms with van der Waals surface area (Å²) in [4.78, 5) is 0. The zero-order chi connectivity index (χ0) is 12.4. The van der Waals surface area contributed by atoms with Gasteiger partial charge in [0.05, 0.1) is 0 Å². The van der Waals surface area contributed by atoms with Crippen LogP contribution in [-0.4, -0.2) is 12.6 Å². The van der Waals surface area contributed by atoms with Crippen molar-refractivity contribution in [3.05, 3.63) is 35.2 Å². The molecule has 1 saturated carbocycles. The molecule has 1 aliphatic carbocycles. The molecule has 0 aliphatic heterocycles. The summed E-state index contributed by atoms with van der Waals surface area (Å²) in [7, 11) is 0. The summed E-state index contributed by atoms with van der Waals surface area (Å²) in [5.74, 6) is 0.906. The van der Waals surface area contributed by atoms with Crippen LogP contribution in [0.25, 0.3) is 10.1 Å². The summed E-state index contributed by atoms with van der Waals surface area (Å²) >= 11 is 1.83. The van der Waals surface area contributed by atoms with Crippen molar-refractivity contribution in [1.82, 2.24) is 5.32 Å². The highest BCUT2D eigenvalue weighted by atomic mass is 32.1. The van der Waals surface area contributed by atoms with E-state index in [1.807, 2.05) is 11.3 Å². The second-order valence-corrected chi connectivity index (χ2v) is 6.30. The third-order valence-corrected chi connectivity index (χ3v) is 5.06. The van der Waals surface area contributed by atoms with Crippen molar-refractivity contribution in [2.24, 2.45) is 5.92 Å². The van der Waals surface area contributed by atoms with Gasteiger partial charge in [0.2, 0.25) is 0 Å². The van der Waals surface area contributed by atoms with Gasteiger partial charge in [0.15, 0.2) is 0 Å². The highest BCUT2D eigenvalue weighted by Gasteiger charge is 2.26. The molecule has 2 aromatic rings. The van der Waals surface area contributed by atoms with Crippen molar-refractivity contribution in [1.29, 1.82) is 0 Å². The van der Waals surface area contributed by atoms with E-state index >= 15 is 0 Å². The van der Waals surface area contributed by atoms with Gasteiger partial charge in [0.1, 0.15) is 0 Å². The van der Waals surface area contributed by atoms with Crippen molar-refractivity contribution in [3.8, 4) is 0 Å². The number of likely N-dealkylation sites (N-methyl/N-ethyl adjacent to an activating group) is 1. The Kier molecular flexibility index (Phi) is 3.67. The van der Waals surface area contributed by atoms with Crippen molar-refractivity contribution >= 4 is 21.4 Å². The van der Waals surface area contributed by atoms with Gasteiger partial charge in [-0.05, 0) is 60.2 Å². The Morgan fingerprint density at radius 2 is 2.22 bits per heavy atom. The first-order chi connectivity index (χ1) is 8.86. The number of fused-ring (bicyclic) bond motifs is 1. The van der Waals surface area contributed by atoms with E-state index in [1.54, 1.807) is 0 Å². The van der Waals surface area contributed by atoms with Gasteiger partial charge in [-0.3, -0.25) is 0 Å². The molecule has 1 aliphatic rings. The number of nitrogens with one attached hydrogen (secondary N) is 1. The Morgan fingerprint density at radius 1 is 1.33 bits per heavy atom. The van der Waals surface area contributed by atoms with E-state index in [1.165, 1.54) is 41.3 Å². The summed E-state index contributed by atoms with van der Waals surface area (Å²) in [6, 6.07) is 9.87. The van der Waals surface area contributed by atoms with Gasteiger partial charge in [-0.2, -0.15) is 0 Å². The van der Waals surface area contributed by atoms with Crippen LogP contribution in [0.15, 0.2) is 29.6 Å². The smallest absolute Gasteiger partial charge is 0.0342 e. The first-order valence-corrected chi connectivity index (χ1v) is 7.94. The molecule has 1 unspecified atom stereocenters. The van der Waals surface area contributed by atoms with E-state index in [2.05, 4.69) is 41.9 Å². The number of hydrogen-bond acceptors (Lipinski definition) is 2. The molecule has 1 atom stereocenters. The molecule has 1 aromatic heterocycles. The first kappa shape index (κ1) is 12.2. The topological polar surface area (TPSA) is 12.0 Å². The molecule has 1 N–H and O–H groups in total. The molecule has 3 rings (SSSR count). The Hall–Kier alpha value is -0.860.